The molecule has 0 aromatic heterocycles. The first-order chi connectivity index (χ1) is 10.00. The summed E-state index contributed by atoms with van der Waals surface area (Å²) in [5.74, 6) is -0.754. The summed E-state index contributed by atoms with van der Waals surface area (Å²) in [6.07, 6.45) is 1.85. The maximum atomic E-state index is 12.5. The summed E-state index contributed by atoms with van der Waals surface area (Å²) in [5.41, 5.74) is 0.517. The molecule has 4 nitrogen and oxygen atoms in total. The summed E-state index contributed by atoms with van der Waals surface area (Å²) < 4.78 is 5.61. The van der Waals surface area contributed by atoms with Crippen LogP contribution in [-0.4, -0.2) is 24.5 Å². The maximum Gasteiger partial charge on any atom is 0.234 e. The fourth-order valence-corrected chi connectivity index (χ4v) is 3.96. The molecule has 3 unspecified atom stereocenters. The molecule has 21 heavy (non-hydrogen) atoms. The van der Waals surface area contributed by atoms with Crippen LogP contribution in [0, 0.1) is 5.41 Å². The number of ether oxygens (including phenoxy) is 1. The lowest BCUT2D eigenvalue weighted by Crippen LogP contribution is -2.53. The third-order valence-corrected chi connectivity index (χ3v) is 4.76. The Morgan fingerprint density at radius 1 is 1.38 bits per heavy atom. The first kappa shape index (κ1) is 14.5. The number of carbonyl (C=O) groups excluding carboxylic acids is 2. The zero-order valence-electron chi connectivity index (χ0n) is 11.9. The van der Waals surface area contributed by atoms with Crippen LogP contribution in [0.2, 0.25) is 5.02 Å². The number of hydrogen-bond donors (Lipinski definition) is 1. The second-order valence-corrected chi connectivity index (χ2v) is 6.51. The normalized spacial score (nSPS) is 33.0. The van der Waals surface area contributed by atoms with Crippen LogP contribution >= 0.6 is 11.6 Å². The van der Waals surface area contributed by atoms with Crippen LogP contribution in [0.3, 0.4) is 0 Å². The number of carbonyl (C=O) groups is 2. The summed E-state index contributed by atoms with van der Waals surface area (Å²) in [6, 6.07) is 7.37. The largest absolute Gasteiger partial charge is 0.378 e. The van der Waals surface area contributed by atoms with Crippen molar-refractivity contribution in [1.82, 2.24) is 5.32 Å². The van der Waals surface area contributed by atoms with Crippen molar-refractivity contribution in [3.05, 3.63) is 34.9 Å². The average molecular weight is 308 g/mol. The van der Waals surface area contributed by atoms with Crippen LogP contribution in [0.5, 0.6) is 0 Å². The van der Waals surface area contributed by atoms with Crippen molar-refractivity contribution >= 4 is 23.4 Å². The zero-order chi connectivity index (χ0) is 15.0. The second-order valence-electron chi connectivity index (χ2n) is 6.08. The Morgan fingerprint density at radius 2 is 2.19 bits per heavy atom. The van der Waals surface area contributed by atoms with Crippen LogP contribution in [0.4, 0.5) is 0 Å². The first-order valence-corrected chi connectivity index (χ1v) is 7.59. The van der Waals surface area contributed by atoms with Gasteiger partial charge in [0, 0.05) is 18.1 Å². The number of nitrogens with one attached hydrogen (secondary N) is 1. The maximum absolute atomic E-state index is 12.5. The summed E-state index contributed by atoms with van der Waals surface area (Å²) in [5, 5.41) is 3.08. The van der Waals surface area contributed by atoms with Gasteiger partial charge in [-0.2, -0.15) is 0 Å². The van der Waals surface area contributed by atoms with E-state index in [4.69, 9.17) is 16.3 Å². The van der Waals surface area contributed by atoms with Crippen LogP contribution in [-0.2, 0) is 14.3 Å². The van der Waals surface area contributed by atoms with Crippen LogP contribution in [0.25, 0.3) is 0 Å². The number of rotatable bonds is 1. The Kier molecular flexibility index (Phi) is 3.76. The van der Waals surface area contributed by atoms with Gasteiger partial charge < -0.3 is 4.74 Å². The monoisotopic (exact) mass is 307 g/mol. The van der Waals surface area contributed by atoms with E-state index < -0.39 is 0 Å². The van der Waals surface area contributed by atoms with E-state index in [1.54, 1.807) is 6.07 Å². The molecule has 2 saturated heterocycles. The van der Waals surface area contributed by atoms with E-state index in [2.05, 4.69) is 5.32 Å². The molecule has 2 aliphatic heterocycles. The number of hydrogen-bond acceptors (Lipinski definition) is 3. The van der Waals surface area contributed by atoms with Gasteiger partial charge in [0.25, 0.3) is 0 Å². The highest BCUT2D eigenvalue weighted by atomic mass is 35.5. The van der Waals surface area contributed by atoms with E-state index in [9.17, 15) is 9.59 Å². The lowest BCUT2D eigenvalue weighted by Gasteiger charge is -2.47. The molecular formula is C16H18ClNO3. The average Bonchev–Trinajstić information content (AvgIpc) is 2.37. The summed E-state index contributed by atoms with van der Waals surface area (Å²) in [6.45, 7) is 2.58. The fraction of sp³-hybridized carbons (Fsp3) is 0.500. The molecule has 1 spiro atoms. The molecule has 0 bridgehead atoms. The van der Waals surface area contributed by atoms with Crippen molar-refractivity contribution in [3.8, 4) is 0 Å². The van der Waals surface area contributed by atoms with Gasteiger partial charge in [-0.25, -0.2) is 0 Å². The first-order valence-electron chi connectivity index (χ1n) is 7.21. The van der Waals surface area contributed by atoms with Crippen LogP contribution in [0.15, 0.2) is 24.3 Å². The molecule has 1 N–H and O–H groups in total. The highest BCUT2D eigenvalue weighted by Crippen LogP contribution is 2.50. The Balaban J connectivity index is 2.04. The zero-order valence-corrected chi connectivity index (χ0v) is 12.7. The molecule has 3 atom stereocenters. The quantitative estimate of drug-likeness (QED) is 0.812. The minimum atomic E-state index is -0.359. The van der Waals surface area contributed by atoms with Gasteiger partial charge in [0.1, 0.15) is 0 Å². The highest BCUT2D eigenvalue weighted by molar-refractivity contribution is 6.30. The lowest BCUT2D eigenvalue weighted by atomic mass is 9.62. The third-order valence-electron chi connectivity index (χ3n) is 4.53. The molecule has 2 heterocycles. The van der Waals surface area contributed by atoms with E-state index in [1.165, 1.54) is 0 Å². The van der Waals surface area contributed by atoms with Gasteiger partial charge in [-0.05, 0) is 42.9 Å². The van der Waals surface area contributed by atoms with Gasteiger partial charge in [-0.3, -0.25) is 14.9 Å². The van der Waals surface area contributed by atoms with Crippen molar-refractivity contribution in [2.45, 2.75) is 38.2 Å². The minimum absolute atomic E-state index is 0.0548. The molecule has 2 fully saturated rings. The standard InChI is InChI=1S/C16H18ClNO3/c1-10-8-16(5-6-21-10)9-13(19)18-15(20)14(16)11-3-2-4-12(17)7-11/h2-4,7,10,14H,5-6,8-9H2,1H3,(H,18,19,20). The fourth-order valence-electron chi connectivity index (χ4n) is 3.76. The van der Waals surface area contributed by atoms with Crippen LogP contribution < -0.4 is 5.32 Å². The smallest absolute Gasteiger partial charge is 0.234 e. The minimum Gasteiger partial charge on any atom is -0.378 e. The Morgan fingerprint density at radius 3 is 2.90 bits per heavy atom. The van der Waals surface area contributed by atoms with Gasteiger partial charge >= 0.3 is 0 Å². The van der Waals surface area contributed by atoms with E-state index >= 15 is 0 Å². The molecule has 2 aliphatic rings. The Hall–Kier alpha value is -1.39. The van der Waals surface area contributed by atoms with Gasteiger partial charge in [0.2, 0.25) is 11.8 Å². The second kappa shape index (κ2) is 5.43. The summed E-state index contributed by atoms with van der Waals surface area (Å²) >= 11 is 6.07. The molecule has 0 radical (unpaired) electrons. The van der Waals surface area contributed by atoms with E-state index in [0.29, 0.717) is 30.9 Å². The van der Waals surface area contributed by atoms with Crippen molar-refractivity contribution in [2.75, 3.05) is 6.61 Å². The predicted molar refractivity (Wildman–Crippen MR) is 79.0 cm³/mol. The number of imide groups is 1. The lowest BCUT2D eigenvalue weighted by molar-refractivity contribution is -0.146. The van der Waals surface area contributed by atoms with E-state index in [-0.39, 0.29) is 29.3 Å². The van der Waals surface area contributed by atoms with E-state index in [1.807, 2.05) is 25.1 Å². The van der Waals surface area contributed by atoms with Crippen molar-refractivity contribution < 1.29 is 14.3 Å². The molecule has 1 aromatic carbocycles. The molecule has 1 aromatic rings. The Labute approximate surface area is 128 Å². The number of amides is 2. The molecular weight excluding hydrogens is 290 g/mol. The topological polar surface area (TPSA) is 55.4 Å². The van der Waals surface area contributed by atoms with Crippen molar-refractivity contribution in [1.29, 1.82) is 0 Å². The summed E-state index contributed by atoms with van der Waals surface area (Å²) in [4.78, 5) is 24.4. The number of piperidine rings is 1. The Bertz CT molecular complexity index is 589. The van der Waals surface area contributed by atoms with Gasteiger partial charge in [-0.15, -0.1) is 0 Å². The highest BCUT2D eigenvalue weighted by Gasteiger charge is 2.51. The van der Waals surface area contributed by atoms with Crippen molar-refractivity contribution in [2.24, 2.45) is 5.41 Å². The van der Waals surface area contributed by atoms with E-state index in [0.717, 1.165) is 5.56 Å². The van der Waals surface area contributed by atoms with Gasteiger partial charge in [0.05, 0.1) is 12.0 Å². The predicted octanol–water partition coefficient (Wildman–Crippen LogP) is 2.66. The molecule has 0 saturated carbocycles. The molecule has 2 amide bonds. The molecule has 0 aliphatic carbocycles. The molecule has 112 valence electrons. The third kappa shape index (κ3) is 2.70. The molecule has 3 rings (SSSR count). The number of benzene rings is 1. The molecule has 5 heteroatoms. The summed E-state index contributed by atoms with van der Waals surface area (Å²) in [7, 11) is 0. The van der Waals surface area contributed by atoms with Gasteiger partial charge in [0.15, 0.2) is 0 Å². The van der Waals surface area contributed by atoms with Gasteiger partial charge in [-0.1, -0.05) is 23.7 Å². The number of halogens is 1. The SMILES string of the molecule is CC1CC2(CCO1)CC(=O)NC(=O)C2c1cccc(Cl)c1. The van der Waals surface area contributed by atoms with Crippen molar-refractivity contribution in [3.63, 3.8) is 0 Å². The van der Waals surface area contributed by atoms with Crippen LogP contribution in [0.1, 0.15) is 37.7 Å².